The number of benzene rings is 1. The largest absolute Gasteiger partial charge is 0.261 e. The number of rotatable bonds is 3. The topological polar surface area (TPSA) is 64.5 Å². The summed E-state index contributed by atoms with van der Waals surface area (Å²) in [5, 5.41) is 0. The highest BCUT2D eigenvalue weighted by Gasteiger charge is 2.13. The molecule has 0 aliphatic heterocycles. The van der Waals surface area contributed by atoms with Crippen LogP contribution in [0.25, 0.3) is 34.0 Å². The summed E-state index contributed by atoms with van der Waals surface area (Å²) in [5.74, 6) is 0.531. The molecule has 114 valence electrons. The summed E-state index contributed by atoms with van der Waals surface area (Å²) < 4.78 is 0. The summed E-state index contributed by atoms with van der Waals surface area (Å²) in [5.41, 5.74) is 4.18. The third-order valence-corrected chi connectivity index (χ3v) is 3.57. The Hall–Kier alpha value is -3.47. The average molecular weight is 311 g/mol. The van der Waals surface area contributed by atoms with Gasteiger partial charge in [-0.3, -0.25) is 9.97 Å². The van der Waals surface area contributed by atoms with E-state index in [0.717, 1.165) is 22.5 Å². The molecule has 0 spiro atoms. The van der Waals surface area contributed by atoms with Crippen LogP contribution in [0.4, 0.5) is 0 Å². The van der Waals surface area contributed by atoms with Crippen molar-refractivity contribution in [3.8, 4) is 34.0 Å². The molecule has 0 fully saturated rings. The van der Waals surface area contributed by atoms with Crippen LogP contribution in [-0.2, 0) is 0 Å². The second kappa shape index (κ2) is 6.34. The molecule has 3 aromatic heterocycles. The van der Waals surface area contributed by atoms with E-state index in [-0.39, 0.29) is 0 Å². The molecule has 5 heteroatoms. The van der Waals surface area contributed by atoms with Gasteiger partial charge in [0.1, 0.15) is 11.4 Å². The summed E-state index contributed by atoms with van der Waals surface area (Å²) in [6, 6.07) is 15.8. The van der Waals surface area contributed by atoms with Crippen molar-refractivity contribution in [2.75, 3.05) is 0 Å². The molecule has 0 saturated heterocycles. The molecule has 4 aromatic rings. The quantitative estimate of drug-likeness (QED) is 0.577. The van der Waals surface area contributed by atoms with Crippen molar-refractivity contribution >= 4 is 0 Å². The monoisotopic (exact) mass is 311 g/mol. The summed E-state index contributed by atoms with van der Waals surface area (Å²) in [7, 11) is 0. The minimum atomic E-state index is 0.531. The smallest absolute Gasteiger partial charge is 0.180 e. The van der Waals surface area contributed by atoms with E-state index in [2.05, 4.69) is 19.9 Å². The molecule has 1 aromatic carbocycles. The highest BCUT2D eigenvalue weighted by atomic mass is 14.9. The molecule has 0 amide bonds. The molecule has 0 atom stereocenters. The first kappa shape index (κ1) is 14.1. The SMILES string of the molecule is c1ccc(-c2cnc(-c3cnccn3)nc2-c2ccccn2)cc1. The Kier molecular flexibility index (Phi) is 3.73. The molecule has 0 aliphatic rings. The van der Waals surface area contributed by atoms with Gasteiger partial charge < -0.3 is 0 Å². The molecule has 3 heterocycles. The van der Waals surface area contributed by atoms with E-state index in [1.54, 1.807) is 24.8 Å². The van der Waals surface area contributed by atoms with E-state index < -0.39 is 0 Å². The molecular formula is C19H13N5. The Bertz CT molecular complexity index is 941. The van der Waals surface area contributed by atoms with E-state index in [0.29, 0.717) is 11.5 Å². The van der Waals surface area contributed by atoms with Crippen molar-refractivity contribution in [1.29, 1.82) is 0 Å². The molecule has 0 radical (unpaired) electrons. The second-order valence-electron chi connectivity index (χ2n) is 5.13. The van der Waals surface area contributed by atoms with Gasteiger partial charge >= 0.3 is 0 Å². The van der Waals surface area contributed by atoms with Crippen LogP contribution in [0.1, 0.15) is 0 Å². The zero-order valence-electron chi connectivity index (χ0n) is 12.7. The van der Waals surface area contributed by atoms with E-state index >= 15 is 0 Å². The van der Waals surface area contributed by atoms with Crippen LogP contribution in [0.2, 0.25) is 0 Å². The highest BCUT2D eigenvalue weighted by molar-refractivity contribution is 5.79. The van der Waals surface area contributed by atoms with Gasteiger partial charge in [0.15, 0.2) is 5.82 Å². The fourth-order valence-electron chi connectivity index (χ4n) is 2.45. The zero-order chi connectivity index (χ0) is 16.2. The molecule has 24 heavy (non-hydrogen) atoms. The zero-order valence-corrected chi connectivity index (χ0v) is 12.7. The highest BCUT2D eigenvalue weighted by Crippen LogP contribution is 2.30. The van der Waals surface area contributed by atoms with Gasteiger partial charge in [-0.1, -0.05) is 36.4 Å². The van der Waals surface area contributed by atoms with Gasteiger partial charge in [-0.2, -0.15) is 0 Å². The third-order valence-electron chi connectivity index (χ3n) is 3.57. The maximum absolute atomic E-state index is 4.71. The Balaban J connectivity index is 1.92. The maximum Gasteiger partial charge on any atom is 0.180 e. The van der Waals surface area contributed by atoms with Crippen LogP contribution in [0.5, 0.6) is 0 Å². The summed E-state index contributed by atoms with van der Waals surface area (Å²) in [6.45, 7) is 0. The normalized spacial score (nSPS) is 10.5. The van der Waals surface area contributed by atoms with Crippen LogP contribution < -0.4 is 0 Å². The number of hydrogen-bond acceptors (Lipinski definition) is 5. The Labute approximate surface area is 139 Å². The molecule has 4 rings (SSSR count). The first-order chi connectivity index (χ1) is 11.9. The van der Waals surface area contributed by atoms with Gasteiger partial charge in [-0.05, 0) is 17.7 Å². The summed E-state index contributed by atoms with van der Waals surface area (Å²) >= 11 is 0. The number of pyridine rings is 1. The van der Waals surface area contributed by atoms with E-state index in [1.165, 1.54) is 0 Å². The average Bonchev–Trinajstić information content (AvgIpc) is 2.69. The number of aromatic nitrogens is 5. The number of hydrogen-bond donors (Lipinski definition) is 0. The van der Waals surface area contributed by atoms with Crippen LogP contribution in [0, 0.1) is 0 Å². The van der Waals surface area contributed by atoms with Crippen LogP contribution in [0.3, 0.4) is 0 Å². The van der Waals surface area contributed by atoms with Crippen molar-refractivity contribution < 1.29 is 0 Å². The molecule has 0 unspecified atom stereocenters. The molecule has 5 nitrogen and oxygen atoms in total. The lowest BCUT2D eigenvalue weighted by Gasteiger charge is -2.10. The van der Waals surface area contributed by atoms with Crippen molar-refractivity contribution in [2.45, 2.75) is 0 Å². The fraction of sp³-hybridized carbons (Fsp3) is 0. The van der Waals surface area contributed by atoms with Crippen LogP contribution >= 0.6 is 0 Å². The van der Waals surface area contributed by atoms with Crippen LogP contribution in [-0.4, -0.2) is 24.9 Å². The fourth-order valence-corrected chi connectivity index (χ4v) is 2.45. The number of nitrogens with zero attached hydrogens (tertiary/aromatic N) is 5. The predicted molar refractivity (Wildman–Crippen MR) is 91.7 cm³/mol. The molecule has 0 N–H and O–H groups in total. The van der Waals surface area contributed by atoms with Crippen molar-refractivity contribution in [3.63, 3.8) is 0 Å². The molecular weight excluding hydrogens is 298 g/mol. The minimum Gasteiger partial charge on any atom is -0.261 e. The third kappa shape index (κ3) is 2.75. The minimum absolute atomic E-state index is 0.531. The Morgan fingerprint density at radius 1 is 0.625 bits per heavy atom. The van der Waals surface area contributed by atoms with E-state index in [4.69, 9.17) is 4.98 Å². The lowest BCUT2D eigenvalue weighted by atomic mass is 10.0. The van der Waals surface area contributed by atoms with Crippen molar-refractivity contribution in [2.24, 2.45) is 0 Å². The van der Waals surface area contributed by atoms with Gasteiger partial charge in [-0.15, -0.1) is 0 Å². The lowest BCUT2D eigenvalue weighted by molar-refractivity contribution is 1.11. The predicted octanol–water partition coefficient (Wildman–Crippen LogP) is 3.66. The second-order valence-corrected chi connectivity index (χ2v) is 5.13. The van der Waals surface area contributed by atoms with Gasteiger partial charge in [-0.25, -0.2) is 15.0 Å². The van der Waals surface area contributed by atoms with Crippen LogP contribution in [0.15, 0.2) is 79.5 Å². The maximum atomic E-state index is 4.71. The molecule has 0 bridgehead atoms. The van der Waals surface area contributed by atoms with E-state index in [9.17, 15) is 0 Å². The van der Waals surface area contributed by atoms with Crippen molar-refractivity contribution in [1.82, 2.24) is 24.9 Å². The molecule has 0 aliphatic carbocycles. The van der Waals surface area contributed by atoms with Gasteiger partial charge in [0.05, 0.1) is 11.9 Å². The standard InChI is InChI=1S/C19H13N5/c1-2-6-14(7-3-1)15-12-23-19(17-13-20-10-11-22-17)24-18(15)16-8-4-5-9-21-16/h1-13H. The van der Waals surface area contributed by atoms with Gasteiger partial charge in [0.25, 0.3) is 0 Å². The lowest BCUT2D eigenvalue weighted by Crippen LogP contribution is -1.98. The molecule has 0 saturated carbocycles. The van der Waals surface area contributed by atoms with Gasteiger partial charge in [0.2, 0.25) is 0 Å². The first-order valence-corrected chi connectivity index (χ1v) is 7.52. The van der Waals surface area contributed by atoms with E-state index in [1.807, 2.05) is 54.7 Å². The Morgan fingerprint density at radius 2 is 1.46 bits per heavy atom. The van der Waals surface area contributed by atoms with Crippen molar-refractivity contribution in [3.05, 3.63) is 79.5 Å². The summed E-state index contributed by atoms with van der Waals surface area (Å²) in [4.78, 5) is 22.0. The van der Waals surface area contributed by atoms with Gasteiger partial charge in [0, 0.05) is 30.4 Å². The summed E-state index contributed by atoms with van der Waals surface area (Å²) in [6.07, 6.45) is 8.48. The first-order valence-electron chi connectivity index (χ1n) is 7.52. The Morgan fingerprint density at radius 3 is 2.21 bits per heavy atom.